The molecule has 182 valence electrons. The lowest BCUT2D eigenvalue weighted by Gasteiger charge is -2.10. The van der Waals surface area contributed by atoms with Crippen LogP contribution in [-0.2, 0) is 17.8 Å². The van der Waals surface area contributed by atoms with E-state index in [0.29, 0.717) is 25.3 Å². The molecule has 1 aromatic heterocycles. The monoisotopic (exact) mass is 549 g/mol. The highest BCUT2D eigenvalue weighted by molar-refractivity contribution is 9.10. The van der Waals surface area contributed by atoms with Crippen molar-refractivity contribution in [2.45, 2.75) is 13.0 Å². The first-order valence-electron chi connectivity index (χ1n) is 12.0. The number of carbonyl (C=O) groups excluding carboxylic acids is 1. The molecule has 0 fully saturated rings. The number of para-hydroxylation sites is 1. The summed E-state index contributed by atoms with van der Waals surface area (Å²) >= 11 is 3.55. The Kier molecular flexibility index (Phi) is 7.34. The van der Waals surface area contributed by atoms with Crippen LogP contribution < -0.4 is 10.1 Å². The number of ether oxygens (including phenoxy) is 1. The van der Waals surface area contributed by atoms with Gasteiger partial charge in [0.15, 0.2) is 0 Å². The largest absolute Gasteiger partial charge is 0.488 e. The summed E-state index contributed by atoms with van der Waals surface area (Å²) in [6.07, 6.45) is 4.21. The van der Waals surface area contributed by atoms with Crippen LogP contribution in [0.3, 0.4) is 0 Å². The Morgan fingerprint density at radius 1 is 1.00 bits per heavy atom. The normalized spacial score (nSPS) is 11.4. The van der Waals surface area contributed by atoms with E-state index in [9.17, 15) is 10.1 Å². The molecule has 0 aliphatic carbocycles. The Bertz CT molecular complexity index is 1660. The zero-order chi connectivity index (χ0) is 25.6. The summed E-state index contributed by atoms with van der Waals surface area (Å²) in [5.41, 5.74) is 4.05. The molecule has 6 heteroatoms. The molecule has 0 radical (unpaired) electrons. The number of nitriles is 1. The Morgan fingerprint density at radius 2 is 1.81 bits per heavy atom. The van der Waals surface area contributed by atoms with Crippen LogP contribution >= 0.6 is 15.9 Å². The number of hydrogen-bond acceptors (Lipinski definition) is 3. The van der Waals surface area contributed by atoms with Gasteiger partial charge in [0.05, 0.1) is 4.47 Å². The van der Waals surface area contributed by atoms with Crippen LogP contribution in [0.5, 0.6) is 5.75 Å². The van der Waals surface area contributed by atoms with Crippen molar-refractivity contribution in [2.75, 3.05) is 6.54 Å². The van der Waals surface area contributed by atoms with Crippen molar-refractivity contribution in [2.24, 2.45) is 0 Å². The van der Waals surface area contributed by atoms with Gasteiger partial charge in [-0.05, 0) is 80.2 Å². The second-order valence-electron chi connectivity index (χ2n) is 8.70. The molecule has 1 heterocycles. The summed E-state index contributed by atoms with van der Waals surface area (Å²) in [6, 6.07) is 30.1. The number of benzene rings is 4. The molecular formula is C31H24BrN3O2. The summed E-state index contributed by atoms with van der Waals surface area (Å²) in [6.45, 7) is 0.867. The Labute approximate surface area is 223 Å². The summed E-state index contributed by atoms with van der Waals surface area (Å²) in [5.74, 6) is 0.294. The lowest BCUT2D eigenvalue weighted by Crippen LogP contribution is -2.26. The maximum absolute atomic E-state index is 12.6. The second-order valence-corrected chi connectivity index (χ2v) is 9.55. The highest BCUT2D eigenvalue weighted by Crippen LogP contribution is 2.28. The molecular weight excluding hydrogens is 526 g/mol. The molecule has 0 bridgehead atoms. The first-order chi connectivity index (χ1) is 18.1. The van der Waals surface area contributed by atoms with Crippen LogP contribution in [0.1, 0.15) is 16.7 Å². The molecule has 0 saturated heterocycles. The standard InChI is InChI=1S/C31H24BrN3O2/c32-28-17-21(10-12-30(28)37-20-22-9-11-23-5-1-2-6-24(23)16-22)15-26(18-33)31(36)34-14-13-25-19-35-29-8-4-3-7-27(25)29/h1-12,15-17,19,35H,13-14,20H2,(H,34,36)/b26-15-. The molecule has 37 heavy (non-hydrogen) atoms. The number of H-pyrrole nitrogens is 1. The average molecular weight is 550 g/mol. The minimum atomic E-state index is -0.393. The van der Waals surface area contributed by atoms with E-state index in [0.717, 1.165) is 32.1 Å². The van der Waals surface area contributed by atoms with Crippen molar-refractivity contribution in [1.29, 1.82) is 5.26 Å². The molecule has 1 amide bonds. The van der Waals surface area contributed by atoms with Crippen LogP contribution in [0.4, 0.5) is 0 Å². The SMILES string of the molecule is N#C/C(=C/c1ccc(OCc2ccc3ccccc3c2)c(Br)c1)C(=O)NCCc1c[nH]c2ccccc12. The van der Waals surface area contributed by atoms with E-state index >= 15 is 0 Å². The van der Waals surface area contributed by atoms with Crippen molar-refractivity contribution >= 4 is 49.6 Å². The van der Waals surface area contributed by atoms with Crippen molar-refractivity contribution in [1.82, 2.24) is 10.3 Å². The number of fused-ring (bicyclic) bond motifs is 2. The number of hydrogen-bond donors (Lipinski definition) is 2. The predicted octanol–water partition coefficient (Wildman–Crippen LogP) is 6.93. The van der Waals surface area contributed by atoms with E-state index in [1.165, 1.54) is 10.8 Å². The molecule has 0 atom stereocenters. The van der Waals surface area contributed by atoms with E-state index in [1.54, 1.807) is 6.08 Å². The summed E-state index contributed by atoms with van der Waals surface area (Å²) in [7, 11) is 0. The van der Waals surface area contributed by atoms with Gasteiger partial charge in [-0.15, -0.1) is 0 Å². The number of aromatic nitrogens is 1. The van der Waals surface area contributed by atoms with Gasteiger partial charge < -0.3 is 15.0 Å². The third-order valence-electron chi connectivity index (χ3n) is 6.20. The smallest absolute Gasteiger partial charge is 0.261 e. The fourth-order valence-electron chi connectivity index (χ4n) is 4.27. The summed E-state index contributed by atoms with van der Waals surface area (Å²) in [5, 5.41) is 15.9. The van der Waals surface area contributed by atoms with Crippen LogP contribution in [-0.4, -0.2) is 17.4 Å². The topological polar surface area (TPSA) is 77.9 Å². The van der Waals surface area contributed by atoms with Crippen LogP contribution in [0.25, 0.3) is 27.8 Å². The number of aromatic amines is 1. The molecule has 2 N–H and O–H groups in total. The molecule has 5 rings (SSSR count). The third kappa shape index (κ3) is 5.74. The van der Waals surface area contributed by atoms with Crippen molar-refractivity contribution in [3.05, 3.63) is 118 Å². The lowest BCUT2D eigenvalue weighted by molar-refractivity contribution is -0.117. The second kappa shape index (κ2) is 11.2. The predicted molar refractivity (Wildman–Crippen MR) is 151 cm³/mol. The van der Waals surface area contributed by atoms with Crippen LogP contribution in [0, 0.1) is 11.3 Å². The average Bonchev–Trinajstić information content (AvgIpc) is 3.34. The van der Waals surface area contributed by atoms with E-state index in [-0.39, 0.29) is 5.57 Å². The highest BCUT2D eigenvalue weighted by Gasteiger charge is 2.11. The first kappa shape index (κ1) is 24.4. The summed E-state index contributed by atoms with van der Waals surface area (Å²) in [4.78, 5) is 15.9. The van der Waals surface area contributed by atoms with E-state index < -0.39 is 5.91 Å². The van der Waals surface area contributed by atoms with Gasteiger partial charge in [-0.1, -0.05) is 60.7 Å². The zero-order valence-electron chi connectivity index (χ0n) is 20.0. The Balaban J connectivity index is 1.20. The van der Waals surface area contributed by atoms with E-state index in [1.807, 2.05) is 60.8 Å². The van der Waals surface area contributed by atoms with Gasteiger partial charge in [0, 0.05) is 23.6 Å². The molecule has 0 aliphatic rings. The number of rotatable bonds is 8. The van der Waals surface area contributed by atoms with Crippen molar-refractivity contribution in [3.63, 3.8) is 0 Å². The maximum Gasteiger partial charge on any atom is 0.261 e. The van der Waals surface area contributed by atoms with Gasteiger partial charge in [0.25, 0.3) is 5.91 Å². The van der Waals surface area contributed by atoms with Crippen molar-refractivity contribution in [3.8, 4) is 11.8 Å². The molecule has 0 aliphatic heterocycles. The Hall–Kier alpha value is -4.34. The zero-order valence-corrected chi connectivity index (χ0v) is 21.6. The van der Waals surface area contributed by atoms with Gasteiger partial charge >= 0.3 is 0 Å². The number of carbonyl (C=O) groups is 1. The van der Waals surface area contributed by atoms with Gasteiger partial charge in [0.1, 0.15) is 24.0 Å². The van der Waals surface area contributed by atoms with Gasteiger partial charge in [-0.2, -0.15) is 5.26 Å². The maximum atomic E-state index is 12.6. The van der Waals surface area contributed by atoms with Gasteiger partial charge in [0.2, 0.25) is 0 Å². The molecule has 5 aromatic rings. The van der Waals surface area contributed by atoms with E-state index in [2.05, 4.69) is 62.6 Å². The van der Waals surface area contributed by atoms with E-state index in [4.69, 9.17) is 4.74 Å². The highest BCUT2D eigenvalue weighted by atomic mass is 79.9. The molecule has 0 unspecified atom stereocenters. The van der Waals surface area contributed by atoms with Gasteiger partial charge in [-0.3, -0.25) is 4.79 Å². The number of nitrogens with one attached hydrogen (secondary N) is 2. The first-order valence-corrected chi connectivity index (χ1v) is 12.7. The molecule has 0 saturated carbocycles. The van der Waals surface area contributed by atoms with Crippen molar-refractivity contribution < 1.29 is 9.53 Å². The Morgan fingerprint density at radius 3 is 2.65 bits per heavy atom. The lowest BCUT2D eigenvalue weighted by atomic mass is 10.1. The van der Waals surface area contributed by atoms with Gasteiger partial charge in [-0.25, -0.2) is 0 Å². The fraction of sp³-hybridized carbons (Fsp3) is 0.0968. The number of halogens is 1. The third-order valence-corrected chi connectivity index (χ3v) is 6.81. The number of amides is 1. The minimum Gasteiger partial charge on any atom is -0.488 e. The minimum absolute atomic E-state index is 0.0515. The number of nitrogens with zero attached hydrogens (tertiary/aromatic N) is 1. The quantitative estimate of drug-likeness (QED) is 0.163. The molecule has 5 nitrogen and oxygen atoms in total. The van der Waals surface area contributed by atoms with Crippen LogP contribution in [0.2, 0.25) is 0 Å². The molecule has 0 spiro atoms. The van der Waals surface area contributed by atoms with Crippen LogP contribution in [0.15, 0.2) is 101 Å². The molecule has 4 aromatic carbocycles. The fourth-order valence-corrected chi connectivity index (χ4v) is 4.78. The summed E-state index contributed by atoms with van der Waals surface area (Å²) < 4.78 is 6.76.